The van der Waals surface area contributed by atoms with Crippen LogP contribution < -0.4 is 0 Å². The van der Waals surface area contributed by atoms with Crippen LogP contribution in [0.15, 0.2) is 60.9 Å². The summed E-state index contributed by atoms with van der Waals surface area (Å²) in [4.78, 5) is 3.88. The number of nitrogens with zero attached hydrogens (tertiary/aromatic N) is 1. The molecule has 1 heterocycles. The first-order valence-corrected chi connectivity index (χ1v) is 4.26. The van der Waals surface area contributed by atoms with Gasteiger partial charge in [0.05, 0.1) is 0 Å². The van der Waals surface area contributed by atoms with Crippen LogP contribution in [-0.2, 0) is 0 Å². The molecule has 2 aromatic rings. The normalized spacial score (nSPS) is 8.38. The highest BCUT2D eigenvalue weighted by Crippen LogP contribution is 1.88. The summed E-state index contributed by atoms with van der Waals surface area (Å²) in [5.41, 5.74) is 1.21. The van der Waals surface area contributed by atoms with Gasteiger partial charge in [0.15, 0.2) is 0 Å². The van der Waals surface area contributed by atoms with Crippen LogP contribution in [-0.4, -0.2) is 4.98 Å². The summed E-state index contributed by atoms with van der Waals surface area (Å²) in [5.74, 6) is 0. The van der Waals surface area contributed by atoms with E-state index in [0.717, 1.165) is 0 Å². The minimum absolute atomic E-state index is 1.21. The Morgan fingerprint density at radius 3 is 1.62 bits per heavy atom. The average molecular weight is 171 g/mol. The summed E-state index contributed by atoms with van der Waals surface area (Å²) in [6.07, 6.45) is 3.60. The number of pyridine rings is 1. The van der Waals surface area contributed by atoms with Crippen LogP contribution in [0.1, 0.15) is 5.56 Å². The van der Waals surface area contributed by atoms with Gasteiger partial charge in [-0.05, 0) is 18.6 Å². The Labute approximate surface area is 79.1 Å². The van der Waals surface area contributed by atoms with Crippen molar-refractivity contribution in [3.05, 3.63) is 66.5 Å². The van der Waals surface area contributed by atoms with E-state index in [9.17, 15) is 0 Å². The zero-order valence-electron chi connectivity index (χ0n) is 7.72. The van der Waals surface area contributed by atoms with Crippen LogP contribution in [0.5, 0.6) is 0 Å². The summed E-state index contributed by atoms with van der Waals surface area (Å²) >= 11 is 0. The second-order valence-electron chi connectivity index (χ2n) is 2.69. The molecule has 0 atom stereocenters. The van der Waals surface area contributed by atoms with Crippen LogP contribution in [0.2, 0.25) is 0 Å². The Bertz CT molecular complexity index is 276. The first kappa shape index (κ1) is 9.46. The number of aromatic nitrogens is 1. The Morgan fingerprint density at radius 2 is 1.38 bits per heavy atom. The molecule has 2 rings (SSSR count). The van der Waals surface area contributed by atoms with Crippen LogP contribution in [0, 0.1) is 6.92 Å². The van der Waals surface area contributed by atoms with Gasteiger partial charge in [0.25, 0.3) is 0 Å². The number of aryl methyl sites for hydroxylation is 1. The molecule has 0 bridgehead atoms. The summed E-state index contributed by atoms with van der Waals surface area (Å²) in [6, 6.07) is 15.9. The lowest BCUT2D eigenvalue weighted by Crippen LogP contribution is -1.69. The van der Waals surface area contributed by atoms with Crippen molar-refractivity contribution in [3.63, 3.8) is 0 Å². The van der Waals surface area contributed by atoms with Crippen LogP contribution >= 0.6 is 0 Å². The zero-order chi connectivity index (χ0) is 9.36. The van der Waals surface area contributed by atoms with Gasteiger partial charge in [-0.3, -0.25) is 4.98 Å². The largest absolute Gasteiger partial charge is 0.264 e. The van der Waals surface area contributed by atoms with Gasteiger partial charge in [0, 0.05) is 12.4 Å². The van der Waals surface area contributed by atoms with E-state index < -0.39 is 0 Å². The van der Waals surface area contributed by atoms with E-state index in [2.05, 4.69) is 4.98 Å². The number of hydrogen-bond acceptors (Lipinski definition) is 1. The summed E-state index contributed by atoms with van der Waals surface area (Å²) in [6.45, 7) is 2.02. The molecule has 1 aromatic carbocycles. The molecule has 0 aliphatic carbocycles. The van der Waals surface area contributed by atoms with Gasteiger partial charge in [-0.15, -0.1) is 0 Å². The molecule has 0 fully saturated rings. The second-order valence-corrected chi connectivity index (χ2v) is 2.69. The van der Waals surface area contributed by atoms with E-state index in [0.29, 0.717) is 0 Å². The molecule has 0 aliphatic rings. The topological polar surface area (TPSA) is 12.9 Å². The number of benzene rings is 1. The van der Waals surface area contributed by atoms with E-state index in [1.165, 1.54) is 5.56 Å². The number of hydrogen-bond donors (Lipinski definition) is 0. The van der Waals surface area contributed by atoms with Crippen molar-refractivity contribution >= 4 is 0 Å². The highest BCUT2D eigenvalue weighted by atomic mass is 14.6. The smallest absolute Gasteiger partial charge is 0.0297 e. The fraction of sp³-hybridized carbons (Fsp3) is 0.0833. The maximum absolute atomic E-state index is 3.88. The molecule has 1 nitrogen and oxygen atoms in total. The molecule has 0 unspecified atom stereocenters. The molecule has 0 saturated heterocycles. The average Bonchev–Trinajstić information content (AvgIpc) is 2.22. The highest BCUT2D eigenvalue weighted by Gasteiger charge is 1.73. The Morgan fingerprint density at radius 1 is 0.846 bits per heavy atom. The SMILES string of the molecule is Cc1cccnc1.c1ccccc1. The maximum atomic E-state index is 3.88. The van der Waals surface area contributed by atoms with E-state index in [4.69, 9.17) is 0 Å². The molecular weight excluding hydrogens is 158 g/mol. The van der Waals surface area contributed by atoms with Crippen molar-refractivity contribution in [2.45, 2.75) is 6.92 Å². The van der Waals surface area contributed by atoms with Crippen LogP contribution in [0.25, 0.3) is 0 Å². The fourth-order valence-corrected chi connectivity index (χ4v) is 0.833. The van der Waals surface area contributed by atoms with Gasteiger partial charge >= 0.3 is 0 Å². The molecule has 0 spiro atoms. The zero-order valence-corrected chi connectivity index (χ0v) is 7.72. The second kappa shape index (κ2) is 5.95. The van der Waals surface area contributed by atoms with Gasteiger partial charge in [0.2, 0.25) is 0 Å². The van der Waals surface area contributed by atoms with Gasteiger partial charge < -0.3 is 0 Å². The third-order valence-electron chi connectivity index (χ3n) is 1.48. The fourth-order valence-electron chi connectivity index (χ4n) is 0.833. The standard InChI is InChI=1S/C6H7N.C6H6/c1-6-3-2-4-7-5-6;1-2-4-6-5-3-1/h2-5H,1H3;1-6H. The number of rotatable bonds is 0. The van der Waals surface area contributed by atoms with Crippen molar-refractivity contribution in [1.82, 2.24) is 4.98 Å². The van der Waals surface area contributed by atoms with Crippen molar-refractivity contribution in [2.75, 3.05) is 0 Å². The van der Waals surface area contributed by atoms with Crippen LogP contribution in [0.4, 0.5) is 0 Å². The van der Waals surface area contributed by atoms with E-state index >= 15 is 0 Å². The lowest BCUT2D eigenvalue weighted by Gasteiger charge is -1.82. The molecule has 1 heteroatoms. The van der Waals surface area contributed by atoms with E-state index in [-0.39, 0.29) is 0 Å². The lowest BCUT2D eigenvalue weighted by molar-refractivity contribution is 1.27. The molecule has 13 heavy (non-hydrogen) atoms. The molecule has 1 aromatic heterocycles. The van der Waals surface area contributed by atoms with E-state index in [1.807, 2.05) is 61.7 Å². The Balaban J connectivity index is 0.000000132. The summed E-state index contributed by atoms with van der Waals surface area (Å²) in [5, 5.41) is 0. The summed E-state index contributed by atoms with van der Waals surface area (Å²) in [7, 11) is 0. The Hall–Kier alpha value is -1.63. The molecule has 66 valence electrons. The Kier molecular flexibility index (Phi) is 4.33. The van der Waals surface area contributed by atoms with Crippen molar-refractivity contribution in [3.8, 4) is 0 Å². The highest BCUT2D eigenvalue weighted by molar-refractivity contribution is 5.04. The molecular formula is C12H13N. The molecule has 0 amide bonds. The van der Waals surface area contributed by atoms with Crippen molar-refractivity contribution < 1.29 is 0 Å². The van der Waals surface area contributed by atoms with Crippen molar-refractivity contribution in [1.29, 1.82) is 0 Å². The third kappa shape index (κ3) is 4.75. The van der Waals surface area contributed by atoms with Crippen LogP contribution in [0.3, 0.4) is 0 Å². The monoisotopic (exact) mass is 171 g/mol. The van der Waals surface area contributed by atoms with Crippen molar-refractivity contribution in [2.24, 2.45) is 0 Å². The van der Waals surface area contributed by atoms with Gasteiger partial charge in [-0.25, -0.2) is 0 Å². The predicted octanol–water partition coefficient (Wildman–Crippen LogP) is 3.08. The first-order valence-electron chi connectivity index (χ1n) is 4.26. The lowest BCUT2D eigenvalue weighted by atomic mass is 10.3. The molecule has 0 aliphatic heterocycles. The minimum atomic E-state index is 1.21. The minimum Gasteiger partial charge on any atom is -0.264 e. The van der Waals surface area contributed by atoms with E-state index in [1.54, 1.807) is 6.20 Å². The predicted molar refractivity (Wildman–Crippen MR) is 55.4 cm³/mol. The quantitative estimate of drug-likeness (QED) is 0.593. The summed E-state index contributed by atoms with van der Waals surface area (Å²) < 4.78 is 0. The maximum Gasteiger partial charge on any atom is 0.0297 e. The molecule has 0 N–H and O–H groups in total. The molecule has 0 saturated carbocycles. The van der Waals surface area contributed by atoms with Gasteiger partial charge in [-0.2, -0.15) is 0 Å². The van der Waals surface area contributed by atoms with Gasteiger partial charge in [-0.1, -0.05) is 42.5 Å². The third-order valence-corrected chi connectivity index (χ3v) is 1.48. The van der Waals surface area contributed by atoms with Gasteiger partial charge in [0.1, 0.15) is 0 Å². The molecule has 0 radical (unpaired) electrons. The first-order chi connectivity index (χ1) is 6.39.